The Morgan fingerprint density at radius 1 is 0.951 bits per heavy atom. The molecule has 2 saturated heterocycles. The van der Waals surface area contributed by atoms with Gasteiger partial charge in [0.1, 0.15) is 5.54 Å². The minimum atomic E-state index is -0.473. The molecule has 2 amide bonds. The molecular formula is C31H40Cl4N4O2. The van der Waals surface area contributed by atoms with Gasteiger partial charge in [-0.15, -0.1) is 0 Å². The number of rotatable bonds is 9. The second-order valence-corrected chi connectivity index (χ2v) is 13.2. The van der Waals surface area contributed by atoms with Gasteiger partial charge < -0.3 is 15.1 Å². The van der Waals surface area contributed by atoms with Crippen molar-refractivity contribution < 1.29 is 9.59 Å². The van der Waals surface area contributed by atoms with Crippen LogP contribution in [0.4, 0.5) is 0 Å². The Morgan fingerprint density at radius 2 is 1.61 bits per heavy atom. The number of piperidine rings is 2. The van der Waals surface area contributed by atoms with Crippen LogP contribution in [0, 0.1) is 0 Å². The maximum absolute atomic E-state index is 13.7. The maximum Gasteiger partial charge on any atom is 0.253 e. The summed E-state index contributed by atoms with van der Waals surface area (Å²) in [5.74, 6) is 0.107. The summed E-state index contributed by atoms with van der Waals surface area (Å²) in [6.45, 7) is 3.11. The van der Waals surface area contributed by atoms with Gasteiger partial charge in [0.25, 0.3) is 5.91 Å². The SMILES string of the molecule is CN(C)C(=O)C1(N2CCCCC2CCC(CN(C)C(=O)c2ccc(Cl)c(Cl)c2)c2ccc(Cl)c(Cl)c2)CCNCC1. The fourth-order valence-electron chi connectivity index (χ4n) is 6.53. The van der Waals surface area contributed by atoms with Gasteiger partial charge in [0, 0.05) is 45.2 Å². The Bertz CT molecular complexity index is 1230. The molecule has 0 bridgehead atoms. The van der Waals surface area contributed by atoms with E-state index in [4.69, 9.17) is 46.4 Å². The molecule has 2 unspecified atom stereocenters. The molecule has 2 aliphatic rings. The molecule has 2 aliphatic heterocycles. The number of likely N-dealkylation sites (tertiary alicyclic amines) is 1. The zero-order valence-electron chi connectivity index (χ0n) is 24.1. The van der Waals surface area contributed by atoms with Gasteiger partial charge in [-0.3, -0.25) is 14.5 Å². The van der Waals surface area contributed by atoms with Crippen LogP contribution in [0.3, 0.4) is 0 Å². The van der Waals surface area contributed by atoms with Crippen molar-refractivity contribution in [1.29, 1.82) is 0 Å². The van der Waals surface area contributed by atoms with E-state index < -0.39 is 5.54 Å². The number of amides is 2. The number of likely N-dealkylation sites (N-methyl/N-ethyl adjacent to an activating group) is 2. The first-order valence-electron chi connectivity index (χ1n) is 14.4. The fourth-order valence-corrected chi connectivity index (χ4v) is 7.14. The number of hydrogen-bond acceptors (Lipinski definition) is 4. The van der Waals surface area contributed by atoms with Gasteiger partial charge in [0.2, 0.25) is 5.91 Å². The molecule has 2 fully saturated rings. The monoisotopic (exact) mass is 640 g/mol. The highest BCUT2D eigenvalue weighted by Crippen LogP contribution is 2.38. The first-order valence-corrected chi connectivity index (χ1v) is 15.9. The van der Waals surface area contributed by atoms with Crippen LogP contribution in [0.5, 0.6) is 0 Å². The molecule has 4 rings (SSSR count). The van der Waals surface area contributed by atoms with Crippen molar-refractivity contribution in [3.05, 3.63) is 67.6 Å². The molecule has 2 atom stereocenters. The third kappa shape index (κ3) is 7.52. The lowest BCUT2D eigenvalue weighted by molar-refractivity contribution is -0.148. The Balaban J connectivity index is 1.57. The number of carbonyl (C=O) groups is 2. The lowest BCUT2D eigenvalue weighted by Crippen LogP contribution is -2.66. The van der Waals surface area contributed by atoms with Crippen LogP contribution in [0.15, 0.2) is 36.4 Å². The molecule has 0 spiro atoms. The highest BCUT2D eigenvalue weighted by atomic mass is 35.5. The summed E-state index contributed by atoms with van der Waals surface area (Å²) in [6, 6.07) is 11.0. The Hall–Kier alpha value is -1.54. The minimum Gasteiger partial charge on any atom is -0.347 e. The molecule has 0 saturated carbocycles. The average molecular weight is 642 g/mol. The second-order valence-electron chi connectivity index (χ2n) is 11.6. The highest BCUT2D eigenvalue weighted by Gasteiger charge is 2.48. The lowest BCUT2D eigenvalue weighted by atomic mass is 9.80. The topological polar surface area (TPSA) is 55.9 Å². The Kier molecular flexibility index (Phi) is 11.3. The van der Waals surface area contributed by atoms with Crippen molar-refractivity contribution in [1.82, 2.24) is 20.0 Å². The van der Waals surface area contributed by atoms with Crippen LogP contribution in [0.2, 0.25) is 20.1 Å². The largest absolute Gasteiger partial charge is 0.347 e. The Morgan fingerprint density at radius 3 is 2.24 bits per heavy atom. The first-order chi connectivity index (χ1) is 19.5. The van der Waals surface area contributed by atoms with E-state index in [2.05, 4.69) is 10.2 Å². The highest BCUT2D eigenvalue weighted by molar-refractivity contribution is 6.42. The van der Waals surface area contributed by atoms with Crippen LogP contribution in [-0.2, 0) is 4.79 Å². The van der Waals surface area contributed by atoms with E-state index in [0.29, 0.717) is 32.2 Å². The molecular weight excluding hydrogens is 602 g/mol. The van der Waals surface area contributed by atoms with Crippen molar-refractivity contribution in [3.8, 4) is 0 Å². The van der Waals surface area contributed by atoms with E-state index in [9.17, 15) is 9.59 Å². The molecule has 10 heteroatoms. The summed E-state index contributed by atoms with van der Waals surface area (Å²) in [6.07, 6.45) is 6.69. The predicted octanol–water partition coefficient (Wildman–Crippen LogP) is 7.00. The van der Waals surface area contributed by atoms with Gasteiger partial charge in [-0.2, -0.15) is 0 Å². The summed E-state index contributed by atoms with van der Waals surface area (Å²) < 4.78 is 0. The van der Waals surface area contributed by atoms with Gasteiger partial charge in [0.05, 0.1) is 20.1 Å². The van der Waals surface area contributed by atoms with E-state index in [0.717, 1.165) is 70.1 Å². The normalized spacial score (nSPS) is 19.9. The zero-order chi connectivity index (χ0) is 29.7. The van der Waals surface area contributed by atoms with Gasteiger partial charge >= 0.3 is 0 Å². The molecule has 0 radical (unpaired) electrons. The maximum atomic E-state index is 13.7. The van der Waals surface area contributed by atoms with Crippen molar-refractivity contribution in [2.75, 3.05) is 47.3 Å². The molecule has 2 aromatic rings. The second kappa shape index (κ2) is 14.3. The minimum absolute atomic E-state index is 0.0267. The van der Waals surface area contributed by atoms with Crippen LogP contribution in [0.25, 0.3) is 0 Å². The summed E-state index contributed by atoms with van der Waals surface area (Å²) >= 11 is 25.0. The van der Waals surface area contributed by atoms with E-state index in [-0.39, 0.29) is 23.8 Å². The molecule has 224 valence electrons. The van der Waals surface area contributed by atoms with E-state index in [1.807, 2.05) is 39.3 Å². The third-order valence-electron chi connectivity index (χ3n) is 8.68. The molecule has 2 aromatic carbocycles. The number of carbonyl (C=O) groups excluding carboxylic acids is 2. The van der Waals surface area contributed by atoms with Crippen LogP contribution in [0.1, 0.15) is 66.8 Å². The number of benzene rings is 2. The third-order valence-corrected chi connectivity index (χ3v) is 10.2. The molecule has 41 heavy (non-hydrogen) atoms. The summed E-state index contributed by atoms with van der Waals surface area (Å²) in [5.41, 5.74) is 1.05. The lowest BCUT2D eigenvalue weighted by Gasteiger charge is -2.51. The van der Waals surface area contributed by atoms with Crippen LogP contribution >= 0.6 is 46.4 Å². The number of hydrogen-bond donors (Lipinski definition) is 1. The average Bonchev–Trinajstić information content (AvgIpc) is 2.97. The number of nitrogens with zero attached hydrogens (tertiary/aromatic N) is 3. The fraction of sp³-hybridized carbons (Fsp3) is 0.548. The van der Waals surface area contributed by atoms with Gasteiger partial charge in [0.15, 0.2) is 0 Å². The standard InChI is InChI=1S/C31H40Cl4N4O2/c1-37(2)30(41)31(13-15-36-16-14-31)39-17-5-4-6-24(39)10-7-23(21-8-11-25(32)27(34)18-21)20-38(3)29(40)22-9-12-26(33)28(35)19-22/h8-9,11-12,18-19,23-24,36H,4-7,10,13-17,20H2,1-3H3. The Labute approximate surface area is 264 Å². The zero-order valence-corrected chi connectivity index (χ0v) is 27.1. The molecule has 0 aromatic heterocycles. The van der Waals surface area contributed by atoms with E-state index in [1.54, 1.807) is 28.0 Å². The van der Waals surface area contributed by atoms with Crippen LogP contribution in [-0.4, -0.2) is 85.4 Å². The smallest absolute Gasteiger partial charge is 0.253 e. The molecule has 2 heterocycles. The van der Waals surface area contributed by atoms with E-state index >= 15 is 0 Å². The van der Waals surface area contributed by atoms with Crippen molar-refractivity contribution >= 4 is 58.2 Å². The van der Waals surface area contributed by atoms with Crippen LogP contribution < -0.4 is 5.32 Å². The van der Waals surface area contributed by atoms with E-state index in [1.165, 1.54) is 0 Å². The quantitative estimate of drug-likeness (QED) is 0.320. The van der Waals surface area contributed by atoms with Crippen molar-refractivity contribution in [2.24, 2.45) is 0 Å². The summed E-state index contributed by atoms with van der Waals surface area (Å²) in [4.78, 5) is 33.0. The predicted molar refractivity (Wildman–Crippen MR) is 170 cm³/mol. The number of nitrogens with one attached hydrogen (secondary N) is 1. The molecule has 0 aliphatic carbocycles. The molecule has 1 N–H and O–H groups in total. The summed E-state index contributed by atoms with van der Waals surface area (Å²) in [7, 11) is 5.54. The summed E-state index contributed by atoms with van der Waals surface area (Å²) in [5, 5.41) is 5.21. The van der Waals surface area contributed by atoms with Crippen molar-refractivity contribution in [3.63, 3.8) is 0 Å². The molecule has 6 nitrogen and oxygen atoms in total. The van der Waals surface area contributed by atoms with Crippen molar-refractivity contribution in [2.45, 2.75) is 62.4 Å². The van der Waals surface area contributed by atoms with Gasteiger partial charge in [-0.1, -0.05) is 58.9 Å². The van der Waals surface area contributed by atoms with Gasteiger partial charge in [-0.05, 0) is 94.1 Å². The first kappa shape index (κ1) is 32.4. The number of halogens is 4. The van der Waals surface area contributed by atoms with Gasteiger partial charge in [-0.25, -0.2) is 0 Å².